The standard InChI is InChI=1S/C26H18BrN5O3/c27-20-11-9-17(10-12-20)15-31-16-24(32(34)35)25(30-31)26(33)29-28-14-23-21-7-3-1-5-18(21)13-19-6-2-4-8-22(19)23/h1-14,16H,15H2,(H,29,33)/b28-14-. The van der Waals surface area contributed by atoms with Gasteiger partial charge in [-0.1, -0.05) is 76.6 Å². The Hall–Kier alpha value is -4.37. The number of aromatic nitrogens is 2. The van der Waals surface area contributed by atoms with Crippen molar-refractivity contribution in [2.75, 3.05) is 0 Å². The summed E-state index contributed by atoms with van der Waals surface area (Å²) in [5, 5.41) is 23.9. The van der Waals surface area contributed by atoms with Crippen molar-refractivity contribution >= 4 is 55.3 Å². The zero-order valence-corrected chi connectivity index (χ0v) is 19.8. The number of benzene rings is 4. The Morgan fingerprint density at radius 3 is 2.29 bits per heavy atom. The fourth-order valence-corrected chi connectivity index (χ4v) is 4.22. The molecule has 35 heavy (non-hydrogen) atoms. The van der Waals surface area contributed by atoms with Gasteiger partial charge in [0.25, 0.3) is 5.91 Å². The van der Waals surface area contributed by atoms with Crippen LogP contribution in [0.1, 0.15) is 21.6 Å². The minimum Gasteiger partial charge on any atom is -0.265 e. The van der Waals surface area contributed by atoms with E-state index in [1.165, 1.54) is 10.9 Å². The zero-order valence-electron chi connectivity index (χ0n) is 18.3. The van der Waals surface area contributed by atoms with Crippen molar-refractivity contribution in [1.29, 1.82) is 0 Å². The Bertz CT molecular complexity index is 1560. The zero-order chi connectivity index (χ0) is 24.4. The van der Waals surface area contributed by atoms with Gasteiger partial charge >= 0.3 is 5.69 Å². The highest BCUT2D eigenvalue weighted by Gasteiger charge is 2.25. The molecule has 5 rings (SSSR count). The quantitative estimate of drug-likeness (QED) is 0.133. The average Bonchev–Trinajstić information content (AvgIpc) is 3.29. The van der Waals surface area contributed by atoms with Crippen molar-refractivity contribution in [3.05, 3.63) is 116 Å². The number of carbonyl (C=O) groups excluding carboxylic acids is 1. The topological polar surface area (TPSA) is 102 Å². The van der Waals surface area contributed by atoms with Gasteiger partial charge in [0, 0.05) is 10.0 Å². The van der Waals surface area contributed by atoms with E-state index in [0.717, 1.165) is 37.1 Å². The summed E-state index contributed by atoms with van der Waals surface area (Å²) in [6, 6.07) is 25.4. The van der Waals surface area contributed by atoms with Crippen molar-refractivity contribution in [2.24, 2.45) is 5.10 Å². The second-order valence-electron chi connectivity index (χ2n) is 7.88. The number of hydrogen-bond donors (Lipinski definition) is 1. The maximum Gasteiger partial charge on any atom is 0.320 e. The molecular formula is C26H18BrN5O3. The van der Waals surface area contributed by atoms with E-state index in [-0.39, 0.29) is 17.9 Å². The smallest absolute Gasteiger partial charge is 0.265 e. The van der Waals surface area contributed by atoms with Gasteiger partial charge in [-0.15, -0.1) is 0 Å². The molecule has 8 nitrogen and oxygen atoms in total. The molecule has 0 unspecified atom stereocenters. The lowest BCUT2D eigenvalue weighted by atomic mass is 9.97. The van der Waals surface area contributed by atoms with Gasteiger partial charge < -0.3 is 0 Å². The summed E-state index contributed by atoms with van der Waals surface area (Å²) in [4.78, 5) is 23.7. The molecule has 1 N–H and O–H groups in total. The maximum atomic E-state index is 12.8. The highest BCUT2D eigenvalue weighted by Crippen LogP contribution is 2.27. The van der Waals surface area contributed by atoms with Crippen molar-refractivity contribution in [2.45, 2.75) is 6.54 Å². The first-order valence-electron chi connectivity index (χ1n) is 10.7. The average molecular weight is 528 g/mol. The number of carbonyl (C=O) groups is 1. The van der Waals surface area contributed by atoms with Crippen LogP contribution in [0.25, 0.3) is 21.5 Å². The molecule has 1 aromatic heterocycles. The number of hydrogen-bond acceptors (Lipinski definition) is 5. The molecule has 0 saturated carbocycles. The van der Waals surface area contributed by atoms with Gasteiger partial charge in [0.05, 0.1) is 17.7 Å². The molecule has 0 aliphatic carbocycles. The highest BCUT2D eigenvalue weighted by atomic mass is 79.9. The predicted molar refractivity (Wildman–Crippen MR) is 139 cm³/mol. The molecule has 0 spiro atoms. The molecule has 172 valence electrons. The molecule has 0 atom stereocenters. The Labute approximate surface area is 208 Å². The van der Waals surface area contributed by atoms with Gasteiger partial charge in [0.1, 0.15) is 6.20 Å². The first-order valence-corrected chi connectivity index (χ1v) is 11.5. The molecular weight excluding hydrogens is 510 g/mol. The number of amides is 1. The summed E-state index contributed by atoms with van der Waals surface area (Å²) in [7, 11) is 0. The van der Waals surface area contributed by atoms with Crippen LogP contribution in [-0.4, -0.2) is 26.8 Å². The van der Waals surface area contributed by atoms with Crippen LogP contribution in [0.4, 0.5) is 5.69 Å². The molecule has 0 fully saturated rings. The summed E-state index contributed by atoms with van der Waals surface area (Å²) in [6.45, 7) is 0.284. The van der Waals surface area contributed by atoms with Crippen molar-refractivity contribution in [3.8, 4) is 0 Å². The largest absolute Gasteiger partial charge is 0.320 e. The minimum atomic E-state index is -0.757. The van der Waals surface area contributed by atoms with E-state index in [9.17, 15) is 14.9 Å². The second-order valence-corrected chi connectivity index (χ2v) is 8.79. The fraction of sp³-hybridized carbons (Fsp3) is 0.0385. The molecule has 1 heterocycles. The van der Waals surface area contributed by atoms with E-state index in [1.54, 1.807) is 6.21 Å². The monoisotopic (exact) mass is 527 g/mol. The summed E-state index contributed by atoms with van der Waals surface area (Å²) in [6.07, 6.45) is 2.81. The summed E-state index contributed by atoms with van der Waals surface area (Å²) < 4.78 is 2.29. The molecule has 1 amide bonds. The number of halogens is 1. The summed E-state index contributed by atoms with van der Waals surface area (Å²) in [5.41, 5.74) is 3.45. The number of hydrazone groups is 1. The van der Waals surface area contributed by atoms with Gasteiger partial charge in [0.2, 0.25) is 5.69 Å². The molecule has 0 bridgehead atoms. The van der Waals surface area contributed by atoms with Crippen LogP contribution in [0.5, 0.6) is 0 Å². The van der Waals surface area contributed by atoms with Crippen LogP contribution in [0.3, 0.4) is 0 Å². The van der Waals surface area contributed by atoms with Crippen LogP contribution in [0.2, 0.25) is 0 Å². The molecule has 9 heteroatoms. The minimum absolute atomic E-state index is 0.284. The van der Waals surface area contributed by atoms with Crippen LogP contribution < -0.4 is 5.43 Å². The van der Waals surface area contributed by atoms with Gasteiger partial charge in [-0.2, -0.15) is 10.2 Å². The number of nitrogens with zero attached hydrogens (tertiary/aromatic N) is 4. The third kappa shape index (κ3) is 4.67. The second kappa shape index (κ2) is 9.47. The predicted octanol–water partition coefficient (Wildman–Crippen LogP) is 5.67. The molecule has 0 aliphatic heterocycles. The van der Waals surface area contributed by atoms with E-state index in [0.29, 0.717) is 0 Å². The van der Waals surface area contributed by atoms with Crippen molar-refractivity contribution in [3.63, 3.8) is 0 Å². The maximum absolute atomic E-state index is 12.8. The molecule has 0 aliphatic rings. The van der Waals surface area contributed by atoms with E-state index in [1.807, 2.05) is 72.8 Å². The lowest BCUT2D eigenvalue weighted by Crippen LogP contribution is -2.19. The Morgan fingerprint density at radius 2 is 1.66 bits per heavy atom. The third-order valence-corrected chi connectivity index (χ3v) is 6.11. The van der Waals surface area contributed by atoms with Crippen molar-refractivity contribution in [1.82, 2.24) is 15.2 Å². The van der Waals surface area contributed by atoms with E-state index in [4.69, 9.17) is 0 Å². The summed E-state index contributed by atoms with van der Waals surface area (Å²) in [5.74, 6) is -0.757. The molecule has 4 aromatic carbocycles. The molecule has 0 radical (unpaired) electrons. The SMILES string of the molecule is O=C(N/N=C\c1c2ccccc2cc2ccccc12)c1nn(Cc2ccc(Br)cc2)cc1[N+](=O)[O-]. The number of fused-ring (bicyclic) bond motifs is 2. The van der Waals surface area contributed by atoms with Crippen molar-refractivity contribution < 1.29 is 9.72 Å². The lowest BCUT2D eigenvalue weighted by Gasteiger charge is -2.07. The highest BCUT2D eigenvalue weighted by molar-refractivity contribution is 9.10. The van der Waals surface area contributed by atoms with Crippen LogP contribution in [0.15, 0.2) is 94.6 Å². The Morgan fingerprint density at radius 1 is 1.03 bits per heavy atom. The van der Waals surface area contributed by atoms with Gasteiger partial charge in [-0.25, -0.2) is 5.43 Å². The Kier molecular flexibility index (Phi) is 6.07. The fourth-order valence-electron chi connectivity index (χ4n) is 3.96. The number of nitrogens with one attached hydrogen (secondary N) is 1. The molecule has 5 aromatic rings. The summed E-state index contributed by atoms with van der Waals surface area (Å²) >= 11 is 3.37. The van der Waals surface area contributed by atoms with Gasteiger partial charge in [-0.3, -0.25) is 19.6 Å². The molecule has 0 saturated heterocycles. The number of nitro groups is 1. The first-order chi connectivity index (χ1) is 17.0. The van der Waals surface area contributed by atoms with E-state index < -0.39 is 10.8 Å². The van der Waals surface area contributed by atoms with E-state index in [2.05, 4.69) is 37.6 Å². The van der Waals surface area contributed by atoms with Crippen LogP contribution in [-0.2, 0) is 6.54 Å². The van der Waals surface area contributed by atoms with Gasteiger partial charge in [0.15, 0.2) is 0 Å². The van der Waals surface area contributed by atoms with E-state index >= 15 is 0 Å². The Balaban J connectivity index is 1.43. The lowest BCUT2D eigenvalue weighted by molar-refractivity contribution is -0.385. The first kappa shape index (κ1) is 22.4. The normalized spacial score (nSPS) is 11.3. The third-order valence-electron chi connectivity index (χ3n) is 5.58. The van der Waals surface area contributed by atoms with Crippen LogP contribution in [0, 0.1) is 10.1 Å². The van der Waals surface area contributed by atoms with Crippen LogP contribution >= 0.6 is 15.9 Å². The number of rotatable bonds is 6. The van der Waals surface area contributed by atoms with Gasteiger partial charge in [-0.05, 0) is 45.3 Å².